The lowest BCUT2D eigenvalue weighted by Crippen LogP contribution is -2.20. The summed E-state index contributed by atoms with van der Waals surface area (Å²) in [5.74, 6) is 0. The predicted molar refractivity (Wildman–Crippen MR) is 59.3 cm³/mol. The summed E-state index contributed by atoms with van der Waals surface area (Å²) in [7, 11) is 0. The van der Waals surface area contributed by atoms with Gasteiger partial charge in [-0.05, 0) is 24.3 Å². The van der Waals surface area contributed by atoms with E-state index < -0.39 is 0 Å². The van der Waals surface area contributed by atoms with E-state index in [1.54, 1.807) is 0 Å². The fourth-order valence-electron chi connectivity index (χ4n) is 1.45. The first-order valence-corrected chi connectivity index (χ1v) is 4.82. The summed E-state index contributed by atoms with van der Waals surface area (Å²) in [6, 6.07) is 7.53. The lowest BCUT2D eigenvalue weighted by Gasteiger charge is -2.03. The smallest absolute Gasteiger partial charge is 0.0572 e. The van der Waals surface area contributed by atoms with E-state index in [1.807, 2.05) is 24.3 Å². The van der Waals surface area contributed by atoms with Crippen LogP contribution in [-0.2, 0) is 0 Å². The molecule has 3 nitrogen and oxygen atoms in total. The third-order valence-corrected chi connectivity index (χ3v) is 2.49. The molecule has 2 rings (SSSR count). The average molecular weight is 210 g/mol. The zero-order valence-electron chi connectivity index (χ0n) is 7.63. The fraction of sp³-hybridized carbons (Fsp3) is 0.200. The predicted octanol–water partition coefficient (Wildman–Crippen LogP) is 1.78. The Kier molecular flexibility index (Phi) is 2.46. The van der Waals surface area contributed by atoms with Gasteiger partial charge in [0.1, 0.15) is 0 Å². The molecule has 4 heteroatoms. The van der Waals surface area contributed by atoms with Crippen LogP contribution in [0.5, 0.6) is 0 Å². The van der Waals surface area contributed by atoms with E-state index in [9.17, 15) is 0 Å². The molecule has 0 saturated carbocycles. The van der Waals surface area contributed by atoms with Gasteiger partial charge in [0.2, 0.25) is 0 Å². The van der Waals surface area contributed by atoms with Gasteiger partial charge < -0.3 is 16.5 Å². The van der Waals surface area contributed by atoms with Crippen LogP contribution in [0, 0.1) is 0 Å². The molecule has 1 atom stereocenters. The molecule has 1 aromatic carbocycles. The Morgan fingerprint density at radius 1 is 1.36 bits per heavy atom. The number of benzene rings is 1. The largest absolute Gasteiger partial charge is 0.357 e. The zero-order chi connectivity index (χ0) is 10.1. The third-order valence-electron chi connectivity index (χ3n) is 2.26. The van der Waals surface area contributed by atoms with Crippen molar-refractivity contribution < 1.29 is 0 Å². The van der Waals surface area contributed by atoms with Gasteiger partial charge >= 0.3 is 0 Å². The maximum Gasteiger partial charge on any atom is 0.0572 e. The first kappa shape index (κ1) is 9.52. The van der Waals surface area contributed by atoms with Crippen molar-refractivity contribution in [2.75, 3.05) is 6.54 Å². The van der Waals surface area contributed by atoms with Gasteiger partial charge in [-0.2, -0.15) is 0 Å². The van der Waals surface area contributed by atoms with E-state index >= 15 is 0 Å². The molecule has 1 aromatic heterocycles. The number of nitrogens with one attached hydrogen (secondary N) is 1. The minimum absolute atomic E-state index is 0.138. The SMILES string of the molecule is NCC(N)c1cc2cc(Cl)ccc2[nH]1. The molecule has 0 aliphatic rings. The zero-order valence-corrected chi connectivity index (χ0v) is 8.38. The molecule has 2 aromatic rings. The van der Waals surface area contributed by atoms with Crippen molar-refractivity contribution in [3.63, 3.8) is 0 Å². The molecule has 1 unspecified atom stereocenters. The van der Waals surface area contributed by atoms with E-state index in [-0.39, 0.29) is 6.04 Å². The van der Waals surface area contributed by atoms with Gasteiger partial charge in [-0.1, -0.05) is 11.6 Å². The highest BCUT2D eigenvalue weighted by Crippen LogP contribution is 2.21. The number of halogens is 1. The van der Waals surface area contributed by atoms with Crippen LogP contribution in [0.1, 0.15) is 11.7 Å². The van der Waals surface area contributed by atoms with Gasteiger partial charge in [0.05, 0.1) is 6.04 Å². The second kappa shape index (κ2) is 3.61. The average Bonchev–Trinajstić information content (AvgIpc) is 2.59. The van der Waals surface area contributed by atoms with E-state index in [2.05, 4.69) is 4.98 Å². The van der Waals surface area contributed by atoms with E-state index in [0.29, 0.717) is 6.54 Å². The summed E-state index contributed by atoms with van der Waals surface area (Å²) in [6.07, 6.45) is 0. The van der Waals surface area contributed by atoms with Crippen LogP contribution < -0.4 is 11.5 Å². The Labute approximate surface area is 87.0 Å². The summed E-state index contributed by atoms with van der Waals surface area (Å²) in [4.78, 5) is 3.21. The summed E-state index contributed by atoms with van der Waals surface area (Å²) in [5, 5.41) is 1.79. The maximum atomic E-state index is 5.87. The molecule has 0 bridgehead atoms. The number of H-pyrrole nitrogens is 1. The van der Waals surface area contributed by atoms with Crippen molar-refractivity contribution >= 4 is 22.5 Å². The summed E-state index contributed by atoms with van der Waals surface area (Å²) in [6.45, 7) is 0.431. The third kappa shape index (κ3) is 1.62. The van der Waals surface area contributed by atoms with Crippen LogP contribution in [0.4, 0.5) is 0 Å². The number of aromatic nitrogens is 1. The second-order valence-corrected chi connectivity index (χ2v) is 3.73. The fourth-order valence-corrected chi connectivity index (χ4v) is 1.63. The first-order valence-electron chi connectivity index (χ1n) is 4.44. The second-order valence-electron chi connectivity index (χ2n) is 3.30. The summed E-state index contributed by atoms with van der Waals surface area (Å²) < 4.78 is 0. The standard InChI is InChI=1S/C10H12ClN3/c11-7-1-2-9-6(3-7)4-10(14-9)8(13)5-12/h1-4,8,14H,5,12-13H2. The molecule has 1 heterocycles. The lowest BCUT2D eigenvalue weighted by molar-refractivity contribution is 0.718. The van der Waals surface area contributed by atoms with Gasteiger partial charge in [0, 0.05) is 28.2 Å². The van der Waals surface area contributed by atoms with Crippen LogP contribution in [-0.4, -0.2) is 11.5 Å². The number of hydrogen-bond acceptors (Lipinski definition) is 2. The molecule has 0 fully saturated rings. The van der Waals surface area contributed by atoms with E-state index in [4.69, 9.17) is 23.1 Å². The minimum atomic E-state index is -0.138. The van der Waals surface area contributed by atoms with Crippen LogP contribution in [0.2, 0.25) is 5.02 Å². The maximum absolute atomic E-state index is 5.87. The number of fused-ring (bicyclic) bond motifs is 1. The number of nitrogens with two attached hydrogens (primary N) is 2. The number of hydrogen-bond donors (Lipinski definition) is 3. The molecule has 0 aliphatic heterocycles. The Bertz CT molecular complexity index is 450. The quantitative estimate of drug-likeness (QED) is 0.706. The molecule has 0 spiro atoms. The van der Waals surface area contributed by atoms with Crippen LogP contribution in [0.15, 0.2) is 24.3 Å². The molecule has 0 aliphatic carbocycles. The van der Waals surface area contributed by atoms with Gasteiger partial charge in [-0.25, -0.2) is 0 Å². The van der Waals surface area contributed by atoms with Gasteiger partial charge in [-0.15, -0.1) is 0 Å². The van der Waals surface area contributed by atoms with Gasteiger partial charge in [-0.3, -0.25) is 0 Å². The molecule has 0 radical (unpaired) electrons. The Hall–Kier alpha value is -1.03. The topological polar surface area (TPSA) is 67.8 Å². The van der Waals surface area contributed by atoms with Crippen molar-refractivity contribution in [1.29, 1.82) is 0 Å². The van der Waals surface area contributed by atoms with Crippen molar-refractivity contribution in [2.24, 2.45) is 11.5 Å². The highest BCUT2D eigenvalue weighted by atomic mass is 35.5. The molecule has 0 saturated heterocycles. The van der Waals surface area contributed by atoms with E-state index in [0.717, 1.165) is 21.6 Å². The van der Waals surface area contributed by atoms with E-state index in [1.165, 1.54) is 0 Å². The van der Waals surface area contributed by atoms with Crippen molar-refractivity contribution in [2.45, 2.75) is 6.04 Å². The molecule has 0 amide bonds. The molecular formula is C10H12ClN3. The number of aromatic amines is 1. The van der Waals surface area contributed by atoms with Crippen molar-refractivity contribution in [1.82, 2.24) is 4.98 Å². The van der Waals surface area contributed by atoms with Crippen molar-refractivity contribution in [3.05, 3.63) is 35.0 Å². The lowest BCUT2D eigenvalue weighted by atomic mass is 10.2. The highest BCUT2D eigenvalue weighted by Gasteiger charge is 2.07. The molecule has 14 heavy (non-hydrogen) atoms. The first-order chi connectivity index (χ1) is 6.70. The van der Waals surface area contributed by atoms with Gasteiger partial charge in [0.25, 0.3) is 0 Å². The Balaban J connectivity index is 2.51. The molecule has 74 valence electrons. The monoisotopic (exact) mass is 209 g/mol. The molecular weight excluding hydrogens is 198 g/mol. The Morgan fingerprint density at radius 3 is 2.86 bits per heavy atom. The number of rotatable bonds is 2. The highest BCUT2D eigenvalue weighted by molar-refractivity contribution is 6.31. The van der Waals surface area contributed by atoms with Crippen LogP contribution in [0.3, 0.4) is 0 Å². The molecule has 5 N–H and O–H groups in total. The summed E-state index contributed by atoms with van der Waals surface area (Å²) in [5.41, 5.74) is 13.3. The van der Waals surface area contributed by atoms with Gasteiger partial charge in [0.15, 0.2) is 0 Å². The van der Waals surface area contributed by atoms with Crippen LogP contribution in [0.25, 0.3) is 10.9 Å². The minimum Gasteiger partial charge on any atom is -0.357 e. The normalized spacial score (nSPS) is 13.4. The summed E-state index contributed by atoms with van der Waals surface area (Å²) >= 11 is 5.87. The van der Waals surface area contributed by atoms with Crippen molar-refractivity contribution in [3.8, 4) is 0 Å². The van der Waals surface area contributed by atoms with Crippen LogP contribution >= 0.6 is 11.6 Å². The Morgan fingerprint density at radius 2 is 2.14 bits per heavy atom.